The Morgan fingerprint density at radius 2 is 2.05 bits per heavy atom. The summed E-state index contributed by atoms with van der Waals surface area (Å²) in [5, 5.41) is 0. The second-order valence-corrected chi connectivity index (χ2v) is 7.37. The van der Waals surface area contributed by atoms with Crippen LogP contribution >= 0.6 is 0 Å². The minimum Gasteiger partial charge on any atom is -0.332 e. The van der Waals surface area contributed by atoms with Crippen molar-refractivity contribution in [3.8, 4) is 0 Å². The van der Waals surface area contributed by atoms with Gasteiger partial charge in [0.05, 0.1) is 18.1 Å². The van der Waals surface area contributed by atoms with Gasteiger partial charge < -0.3 is 4.57 Å². The third-order valence-electron chi connectivity index (χ3n) is 3.71. The van der Waals surface area contributed by atoms with Crippen LogP contribution in [0.3, 0.4) is 0 Å². The molecule has 1 aromatic rings. The Kier molecular flexibility index (Phi) is 4.62. The summed E-state index contributed by atoms with van der Waals surface area (Å²) < 4.78 is 64.5. The van der Waals surface area contributed by atoms with Crippen LogP contribution in [-0.4, -0.2) is 47.3 Å². The van der Waals surface area contributed by atoms with Gasteiger partial charge in [-0.25, -0.2) is 13.4 Å². The first-order chi connectivity index (χ1) is 9.71. The largest absolute Gasteiger partial charge is 0.389 e. The van der Waals surface area contributed by atoms with Crippen LogP contribution in [0.15, 0.2) is 18.7 Å². The van der Waals surface area contributed by atoms with Crippen LogP contribution in [0.1, 0.15) is 25.8 Å². The average molecular weight is 325 g/mol. The van der Waals surface area contributed by atoms with Crippen LogP contribution in [0, 0.1) is 5.92 Å². The van der Waals surface area contributed by atoms with Gasteiger partial charge in [-0.3, -0.25) is 0 Å². The quantitative estimate of drug-likeness (QED) is 0.804. The molecule has 0 saturated carbocycles. The zero-order valence-corrected chi connectivity index (χ0v) is 12.4. The van der Waals surface area contributed by atoms with Gasteiger partial charge in [0.15, 0.2) is 0 Å². The first kappa shape index (κ1) is 16.3. The molecule has 1 saturated heterocycles. The fraction of sp³-hybridized carbons (Fsp3) is 0.750. The second kappa shape index (κ2) is 5.96. The first-order valence-corrected chi connectivity index (χ1v) is 8.34. The maximum absolute atomic E-state index is 12.4. The van der Waals surface area contributed by atoms with Gasteiger partial charge in [0.1, 0.15) is 0 Å². The Bertz CT molecular complexity index is 551. The van der Waals surface area contributed by atoms with Gasteiger partial charge in [-0.1, -0.05) is 13.3 Å². The molecule has 0 aromatic carbocycles. The average Bonchev–Trinajstić information content (AvgIpc) is 2.76. The fourth-order valence-corrected chi connectivity index (χ4v) is 4.33. The van der Waals surface area contributed by atoms with E-state index in [1.165, 1.54) is 4.31 Å². The van der Waals surface area contributed by atoms with Gasteiger partial charge in [0, 0.05) is 31.9 Å². The van der Waals surface area contributed by atoms with Gasteiger partial charge in [0.25, 0.3) is 0 Å². The third kappa shape index (κ3) is 4.19. The van der Waals surface area contributed by atoms with E-state index in [2.05, 4.69) is 4.98 Å². The van der Waals surface area contributed by atoms with Crippen molar-refractivity contribution in [1.82, 2.24) is 13.9 Å². The van der Waals surface area contributed by atoms with Gasteiger partial charge in [-0.15, -0.1) is 0 Å². The number of hydrogen-bond acceptors (Lipinski definition) is 3. The van der Waals surface area contributed by atoms with E-state index >= 15 is 0 Å². The Morgan fingerprint density at radius 1 is 1.38 bits per heavy atom. The van der Waals surface area contributed by atoms with Crippen molar-refractivity contribution < 1.29 is 21.6 Å². The van der Waals surface area contributed by atoms with Crippen molar-refractivity contribution in [2.24, 2.45) is 5.92 Å². The predicted octanol–water partition coefficient (Wildman–Crippen LogP) is 2.05. The zero-order valence-electron chi connectivity index (χ0n) is 11.6. The number of nitrogens with zero attached hydrogens (tertiary/aromatic N) is 3. The summed E-state index contributed by atoms with van der Waals surface area (Å²) in [5.74, 6) is -1.33. The lowest BCUT2D eigenvalue weighted by Crippen LogP contribution is -2.51. The SMILES string of the molecule is CCC(CC(F)(F)F)CS(=O)(=O)N1CC(n2ccnc2)C1. The molecule has 1 fully saturated rings. The van der Waals surface area contributed by atoms with Gasteiger partial charge in [-0.05, 0) is 5.92 Å². The monoisotopic (exact) mass is 325 g/mol. The maximum atomic E-state index is 12.4. The third-order valence-corrected chi connectivity index (χ3v) is 5.69. The smallest absolute Gasteiger partial charge is 0.332 e. The molecule has 0 bridgehead atoms. The number of hydrogen-bond donors (Lipinski definition) is 0. The molecule has 0 radical (unpaired) electrons. The molecule has 5 nitrogen and oxygen atoms in total. The lowest BCUT2D eigenvalue weighted by atomic mass is 10.1. The second-order valence-electron chi connectivity index (χ2n) is 5.35. The van der Waals surface area contributed by atoms with Crippen LogP contribution in [0.4, 0.5) is 13.2 Å². The van der Waals surface area contributed by atoms with E-state index in [1.807, 2.05) is 0 Å². The van der Waals surface area contributed by atoms with Crippen molar-refractivity contribution in [1.29, 1.82) is 0 Å². The number of imidazole rings is 1. The first-order valence-electron chi connectivity index (χ1n) is 6.73. The van der Waals surface area contributed by atoms with Crippen molar-refractivity contribution >= 4 is 10.0 Å². The predicted molar refractivity (Wildman–Crippen MR) is 71.1 cm³/mol. The molecule has 120 valence electrons. The number of halogens is 3. The minimum atomic E-state index is -4.33. The molecule has 9 heteroatoms. The standard InChI is InChI=1S/C12H18F3N3O2S/c1-2-10(5-12(13,14)15)8-21(19,20)18-6-11(7-18)17-4-3-16-9-17/h3-4,9-11H,2,5-8H2,1H3. The Balaban J connectivity index is 1.91. The Labute approximate surface area is 121 Å². The summed E-state index contributed by atoms with van der Waals surface area (Å²) in [6.45, 7) is 2.17. The van der Waals surface area contributed by atoms with Crippen LogP contribution in [0.25, 0.3) is 0 Å². The molecule has 1 unspecified atom stereocenters. The molecule has 1 aliphatic heterocycles. The minimum absolute atomic E-state index is 0.0185. The van der Waals surface area contributed by atoms with E-state index in [1.54, 1.807) is 30.2 Å². The number of rotatable bonds is 6. The lowest BCUT2D eigenvalue weighted by molar-refractivity contribution is -0.143. The number of aromatic nitrogens is 2. The molecule has 0 spiro atoms. The summed E-state index contributed by atoms with van der Waals surface area (Å²) in [4.78, 5) is 3.88. The molecule has 0 N–H and O–H groups in total. The molecular formula is C12H18F3N3O2S. The Hall–Kier alpha value is -1.09. The number of sulfonamides is 1. The number of alkyl halides is 3. The molecule has 1 aromatic heterocycles. The zero-order chi connectivity index (χ0) is 15.7. The molecule has 21 heavy (non-hydrogen) atoms. The van der Waals surface area contributed by atoms with Gasteiger partial charge in [0.2, 0.25) is 10.0 Å². The van der Waals surface area contributed by atoms with Crippen LogP contribution in [0.2, 0.25) is 0 Å². The lowest BCUT2D eigenvalue weighted by Gasteiger charge is -2.39. The summed E-state index contributed by atoms with van der Waals surface area (Å²) in [6, 6.07) is 0.0185. The highest BCUT2D eigenvalue weighted by molar-refractivity contribution is 7.89. The highest BCUT2D eigenvalue weighted by atomic mass is 32.2. The fourth-order valence-electron chi connectivity index (χ4n) is 2.37. The van der Waals surface area contributed by atoms with Crippen LogP contribution in [-0.2, 0) is 10.0 Å². The molecule has 1 atom stereocenters. The molecule has 0 aliphatic carbocycles. The summed E-state index contributed by atoms with van der Waals surface area (Å²) in [5.41, 5.74) is 0. The summed E-state index contributed by atoms with van der Waals surface area (Å²) in [6.07, 6.45) is -0.239. The van der Waals surface area contributed by atoms with E-state index in [0.29, 0.717) is 13.1 Å². The maximum Gasteiger partial charge on any atom is 0.389 e. The van der Waals surface area contributed by atoms with E-state index in [0.717, 1.165) is 0 Å². The van der Waals surface area contributed by atoms with E-state index in [-0.39, 0.29) is 12.5 Å². The van der Waals surface area contributed by atoms with E-state index < -0.39 is 34.3 Å². The van der Waals surface area contributed by atoms with Crippen LogP contribution < -0.4 is 0 Å². The van der Waals surface area contributed by atoms with E-state index in [9.17, 15) is 21.6 Å². The summed E-state index contributed by atoms with van der Waals surface area (Å²) >= 11 is 0. The van der Waals surface area contributed by atoms with Crippen molar-refractivity contribution in [2.75, 3.05) is 18.8 Å². The molecular weight excluding hydrogens is 307 g/mol. The van der Waals surface area contributed by atoms with Crippen molar-refractivity contribution in [3.05, 3.63) is 18.7 Å². The topological polar surface area (TPSA) is 55.2 Å². The van der Waals surface area contributed by atoms with Crippen LogP contribution in [0.5, 0.6) is 0 Å². The summed E-state index contributed by atoms with van der Waals surface area (Å²) in [7, 11) is -3.63. The van der Waals surface area contributed by atoms with Crippen molar-refractivity contribution in [3.63, 3.8) is 0 Å². The van der Waals surface area contributed by atoms with Gasteiger partial charge >= 0.3 is 6.18 Å². The Morgan fingerprint density at radius 3 is 2.52 bits per heavy atom. The van der Waals surface area contributed by atoms with Crippen molar-refractivity contribution in [2.45, 2.75) is 32.0 Å². The highest BCUT2D eigenvalue weighted by Crippen LogP contribution is 2.30. The molecule has 2 rings (SSSR count). The normalized spacial score (nSPS) is 19.4. The highest BCUT2D eigenvalue weighted by Gasteiger charge is 2.39. The molecule has 1 aliphatic rings. The molecule has 0 amide bonds. The van der Waals surface area contributed by atoms with E-state index in [4.69, 9.17) is 0 Å². The molecule has 2 heterocycles. The van der Waals surface area contributed by atoms with Gasteiger partial charge in [-0.2, -0.15) is 17.5 Å².